The number of hydrogen-bond acceptors (Lipinski definition) is 1. The van der Waals surface area contributed by atoms with Gasteiger partial charge in [-0.3, -0.25) is 0 Å². The van der Waals surface area contributed by atoms with Crippen molar-refractivity contribution < 1.29 is 26.4 Å². The summed E-state index contributed by atoms with van der Waals surface area (Å²) in [6.07, 6.45) is -0.723. The third-order valence-corrected chi connectivity index (χ3v) is 6.90. The van der Waals surface area contributed by atoms with E-state index in [0.717, 1.165) is 0 Å². The van der Waals surface area contributed by atoms with Crippen molar-refractivity contribution in [1.82, 2.24) is 0 Å². The molecule has 0 atom stereocenters. The summed E-state index contributed by atoms with van der Waals surface area (Å²) >= 11 is 0. The smallest absolute Gasteiger partial charge is 0.226 e. The molecule has 3 aromatic carbocycles. The van der Waals surface area contributed by atoms with Gasteiger partial charge in [0.15, 0.2) is 23.3 Å². The lowest BCUT2D eigenvalue weighted by molar-refractivity contribution is 0.241. The van der Waals surface area contributed by atoms with Crippen LogP contribution in [0.25, 0.3) is 0 Å². The van der Waals surface area contributed by atoms with Crippen LogP contribution in [0.2, 0.25) is 13.1 Å². The van der Waals surface area contributed by atoms with Crippen LogP contribution in [0.15, 0.2) is 60.7 Å². The molecule has 0 aromatic heterocycles. The van der Waals surface area contributed by atoms with Crippen LogP contribution in [-0.4, -0.2) is 8.32 Å². The predicted molar refractivity (Wildman–Crippen MR) is 99.2 cm³/mol. The molecule has 0 aliphatic carbocycles. The van der Waals surface area contributed by atoms with Gasteiger partial charge in [0.25, 0.3) is 0 Å². The molecule has 0 amide bonds. The Labute approximate surface area is 160 Å². The standard InChI is InChI=1S/C21H17F5OSi/c1-28(2,21-18(25)16(23)15(22)17(24)19(21)26)27-20(13-9-5-3-6-10-13)14-11-7-4-8-12-14/h3-12,20H,1-2H3. The van der Waals surface area contributed by atoms with Crippen molar-refractivity contribution in [2.45, 2.75) is 19.2 Å². The first-order chi connectivity index (χ1) is 13.2. The van der Waals surface area contributed by atoms with Crippen LogP contribution in [0, 0.1) is 29.1 Å². The second-order valence-electron chi connectivity index (χ2n) is 6.77. The molecule has 0 bridgehead atoms. The lowest BCUT2D eigenvalue weighted by atomic mass is 10.0. The highest BCUT2D eigenvalue weighted by Crippen LogP contribution is 2.30. The van der Waals surface area contributed by atoms with Crippen molar-refractivity contribution in [3.05, 3.63) is 101 Å². The Balaban J connectivity index is 2.11. The van der Waals surface area contributed by atoms with Crippen LogP contribution in [0.3, 0.4) is 0 Å². The molecule has 3 rings (SSSR count). The average molecular weight is 408 g/mol. The zero-order chi connectivity index (χ0) is 20.5. The minimum absolute atomic E-state index is 0.707. The van der Waals surface area contributed by atoms with E-state index < -0.39 is 48.7 Å². The molecule has 0 radical (unpaired) electrons. The van der Waals surface area contributed by atoms with E-state index in [1.165, 1.54) is 13.1 Å². The summed E-state index contributed by atoms with van der Waals surface area (Å²) in [5.74, 6) is -9.78. The lowest BCUT2D eigenvalue weighted by Crippen LogP contribution is -2.50. The van der Waals surface area contributed by atoms with Gasteiger partial charge in [0.2, 0.25) is 14.1 Å². The van der Waals surface area contributed by atoms with E-state index in [1.807, 2.05) is 0 Å². The predicted octanol–water partition coefficient (Wildman–Crippen LogP) is 5.60. The highest BCUT2D eigenvalue weighted by molar-refractivity contribution is 6.84. The van der Waals surface area contributed by atoms with Crippen molar-refractivity contribution in [1.29, 1.82) is 0 Å². The van der Waals surface area contributed by atoms with Gasteiger partial charge >= 0.3 is 0 Å². The molecule has 0 fully saturated rings. The first kappa shape index (κ1) is 20.2. The van der Waals surface area contributed by atoms with Gasteiger partial charge in [-0.1, -0.05) is 60.7 Å². The molecule has 0 N–H and O–H groups in total. The van der Waals surface area contributed by atoms with Crippen molar-refractivity contribution in [3.8, 4) is 0 Å². The first-order valence-electron chi connectivity index (χ1n) is 8.53. The van der Waals surface area contributed by atoms with Gasteiger partial charge in [0.05, 0.1) is 6.10 Å². The van der Waals surface area contributed by atoms with Crippen LogP contribution in [0.5, 0.6) is 0 Å². The summed E-state index contributed by atoms with van der Waals surface area (Å²) in [5.41, 5.74) is 1.41. The minimum Gasteiger partial charge on any atom is -0.402 e. The number of hydrogen-bond donors (Lipinski definition) is 0. The van der Waals surface area contributed by atoms with Crippen LogP contribution in [0.1, 0.15) is 17.2 Å². The summed E-state index contributed by atoms with van der Waals surface area (Å²) in [5, 5.41) is -0.874. The summed E-state index contributed by atoms with van der Waals surface area (Å²) in [6.45, 7) is 2.81. The van der Waals surface area contributed by atoms with Crippen molar-refractivity contribution in [3.63, 3.8) is 0 Å². The Morgan fingerprint density at radius 2 is 0.964 bits per heavy atom. The lowest BCUT2D eigenvalue weighted by Gasteiger charge is -2.31. The topological polar surface area (TPSA) is 9.23 Å². The molecular weight excluding hydrogens is 391 g/mol. The van der Waals surface area contributed by atoms with E-state index in [2.05, 4.69) is 0 Å². The fourth-order valence-corrected chi connectivity index (χ4v) is 5.33. The Morgan fingerprint density at radius 1 is 0.607 bits per heavy atom. The van der Waals surface area contributed by atoms with E-state index in [-0.39, 0.29) is 0 Å². The minimum atomic E-state index is -3.58. The zero-order valence-corrected chi connectivity index (χ0v) is 16.1. The maximum atomic E-state index is 14.4. The van der Waals surface area contributed by atoms with Crippen LogP contribution in [-0.2, 0) is 4.43 Å². The molecule has 0 heterocycles. The van der Waals surface area contributed by atoms with E-state index in [1.54, 1.807) is 60.7 Å². The van der Waals surface area contributed by atoms with Gasteiger partial charge in [0, 0.05) is 5.19 Å². The van der Waals surface area contributed by atoms with E-state index >= 15 is 0 Å². The molecular formula is C21H17F5OSi. The second-order valence-corrected chi connectivity index (χ2v) is 10.5. The number of halogens is 5. The van der Waals surface area contributed by atoms with Crippen molar-refractivity contribution in [2.75, 3.05) is 0 Å². The van der Waals surface area contributed by atoms with Gasteiger partial charge in [-0.15, -0.1) is 0 Å². The molecule has 0 unspecified atom stereocenters. The average Bonchev–Trinajstić information content (AvgIpc) is 2.70. The Kier molecular flexibility index (Phi) is 5.67. The van der Waals surface area contributed by atoms with Gasteiger partial charge in [-0.05, 0) is 24.2 Å². The van der Waals surface area contributed by atoms with E-state index in [4.69, 9.17) is 4.43 Å². The molecule has 0 aliphatic rings. The molecule has 146 valence electrons. The molecule has 1 nitrogen and oxygen atoms in total. The molecule has 28 heavy (non-hydrogen) atoms. The fraction of sp³-hybridized carbons (Fsp3) is 0.143. The summed E-state index contributed by atoms with van der Waals surface area (Å²) in [7, 11) is -3.58. The zero-order valence-electron chi connectivity index (χ0n) is 15.1. The summed E-state index contributed by atoms with van der Waals surface area (Å²) in [6, 6.07) is 17.8. The highest BCUT2D eigenvalue weighted by Gasteiger charge is 2.40. The number of benzene rings is 3. The van der Waals surface area contributed by atoms with Crippen LogP contribution in [0.4, 0.5) is 22.0 Å². The van der Waals surface area contributed by atoms with Gasteiger partial charge in [-0.25, -0.2) is 22.0 Å². The number of rotatable bonds is 5. The van der Waals surface area contributed by atoms with Crippen molar-refractivity contribution >= 4 is 13.5 Å². The quantitative estimate of drug-likeness (QED) is 0.231. The normalized spacial score (nSPS) is 11.9. The molecule has 7 heteroatoms. The maximum Gasteiger partial charge on any atom is 0.226 e. The monoisotopic (exact) mass is 408 g/mol. The Morgan fingerprint density at radius 3 is 1.36 bits per heavy atom. The highest BCUT2D eigenvalue weighted by atomic mass is 28.4. The molecule has 0 spiro atoms. The summed E-state index contributed by atoms with van der Waals surface area (Å²) in [4.78, 5) is 0. The Hall–Kier alpha value is -2.51. The van der Waals surface area contributed by atoms with Crippen LogP contribution < -0.4 is 5.19 Å². The summed E-state index contributed by atoms with van der Waals surface area (Å²) < 4.78 is 75.8. The maximum absolute atomic E-state index is 14.4. The SMILES string of the molecule is C[Si](C)(OC(c1ccccc1)c1ccccc1)c1c(F)c(F)c(F)c(F)c1F. The van der Waals surface area contributed by atoms with Gasteiger partial charge < -0.3 is 4.43 Å². The molecule has 0 aliphatic heterocycles. The Bertz CT molecular complexity index is 909. The molecule has 0 saturated heterocycles. The second kappa shape index (κ2) is 7.85. The van der Waals surface area contributed by atoms with E-state index in [9.17, 15) is 22.0 Å². The fourth-order valence-electron chi connectivity index (χ4n) is 3.07. The molecule has 3 aromatic rings. The van der Waals surface area contributed by atoms with Gasteiger partial charge in [-0.2, -0.15) is 0 Å². The van der Waals surface area contributed by atoms with E-state index in [0.29, 0.717) is 11.1 Å². The largest absolute Gasteiger partial charge is 0.402 e. The van der Waals surface area contributed by atoms with Crippen molar-refractivity contribution in [2.24, 2.45) is 0 Å². The first-order valence-corrected chi connectivity index (χ1v) is 11.4. The van der Waals surface area contributed by atoms with Gasteiger partial charge in [0.1, 0.15) is 0 Å². The third-order valence-electron chi connectivity index (χ3n) is 4.43. The third kappa shape index (κ3) is 3.72. The van der Waals surface area contributed by atoms with Crippen LogP contribution >= 0.6 is 0 Å². The molecule has 0 saturated carbocycles.